The summed E-state index contributed by atoms with van der Waals surface area (Å²) in [5, 5.41) is 31.3. The average Bonchev–Trinajstić information content (AvgIpc) is 3.56. The highest BCUT2D eigenvalue weighted by atomic mass is 16.5. The van der Waals surface area contributed by atoms with E-state index in [1.54, 1.807) is 6.92 Å². The minimum atomic E-state index is -0.750. The smallest absolute Gasteiger partial charge is 0.263 e. The Hall–Kier alpha value is -2.91. The summed E-state index contributed by atoms with van der Waals surface area (Å²) in [6, 6.07) is 8.41. The molecule has 9 heteroatoms. The van der Waals surface area contributed by atoms with Crippen molar-refractivity contribution in [1.29, 1.82) is 0 Å². The van der Waals surface area contributed by atoms with Gasteiger partial charge in [0.15, 0.2) is 17.6 Å². The topological polar surface area (TPSA) is 116 Å². The molecule has 1 amide bonds. The molecule has 3 aromatic rings. The Balaban J connectivity index is 1.81. The molecule has 9 nitrogen and oxygen atoms in total. The number of unbranched alkanes of at least 4 members (excludes halogenated alkanes) is 5. The van der Waals surface area contributed by atoms with Gasteiger partial charge >= 0.3 is 0 Å². The lowest BCUT2D eigenvalue weighted by Crippen LogP contribution is -2.43. The van der Waals surface area contributed by atoms with E-state index < -0.39 is 6.10 Å². The van der Waals surface area contributed by atoms with Gasteiger partial charge in [-0.3, -0.25) is 9.89 Å². The Bertz CT molecular complexity index is 1280. The van der Waals surface area contributed by atoms with Crippen LogP contribution in [0.3, 0.4) is 0 Å². The molecular formula is C34H55N5O4. The van der Waals surface area contributed by atoms with Crippen molar-refractivity contribution in [2.75, 3.05) is 26.3 Å². The van der Waals surface area contributed by atoms with Crippen molar-refractivity contribution in [3.05, 3.63) is 46.9 Å². The van der Waals surface area contributed by atoms with Crippen LogP contribution in [0.25, 0.3) is 5.65 Å². The number of nitrogens with one attached hydrogen (secondary N) is 1. The first-order valence-corrected chi connectivity index (χ1v) is 16.1. The maximum absolute atomic E-state index is 13.1. The molecule has 0 radical (unpaired) electrons. The molecule has 0 aliphatic rings. The summed E-state index contributed by atoms with van der Waals surface area (Å²) in [7, 11) is 0. The van der Waals surface area contributed by atoms with Crippen molar-refractivity contribution in [2.45, 2.75) is 123 Å². The number of aryl methyl sites for hydroxylation is 2. The molecule has 2 aromatic heterocycles. The molecular weight excluding hydrogens is 542 g/mol. The number of amides is 1. The van der Waals surface area contributed by atoms with Gasteiger partial charge in [0.05, 0.1) is 13.2 Å². The summed E-state index contributed by atoms with van der Waals surface area (Å²) in [4.78, 5) is 14.5. The number of nitrogens with zero attached hydrogens (tertiary/aromatic N) is 4. The van der Waals surface area contributed by atoms with Gasteiger partial charge in [0.1, 0.15) is 5.75 Å². The molecule has 0 aliphatic carbocycles. The molecule has 0 saturated carbocycles. The van der Waals surface area contributed by atoms with Gasteiger partial charge in [-0.1, -0.05) is 85.8 Å². The van der Waals surface area contributed by atoms with Crippen molar-refractivity contribution < 1.29 is 19.7 Å². The number of aromatic nitrogens is 4. The molecule has 3 N–H and O–H groups in total. The Labute approximate surface area is 258 Å². The van der Waals surface area contributed by atoms with Crippen LogP contribution in [0, 0.1) is 0 Å². The number of aliphatic hydroxyl groups excluding tert-OH is 2. The van der Waals surface area contributed by atoms with Crippen LogP contribution in [0.5, 0.6) is 5.75 Å². The molecule has 1 unspecified atom stereocenters. The van der Waals surface area contributed by atoms with E-state index in [1.807, 2.05) is 10.6 Å². The van der Waals surface area contributed by atoms with Gasteiger partial charge in [-0.05, 0) is 49.8 Å². The van der Waals surface area contributed by atoms with Crippen LogP contribution in [0.2, 0.25) is 0 Å². The molecule has 1 atom stereocenters. The molecule has 0 saturated heterocycles. The van der Waals surface area contributed by atoms with E-state index in [2.05, 4.69) is 75.0 Å². The monoisotopic (exact) mass is 597 g/mol. The Kier molecular flexibility index (Phi) is 12.6. The van der Waals surface area contributed by atoms with E-state index in [0.29, 0.717) is 5.75 Å². The van der Waals surface area contributed by atoms with Gasteiger partial charge < -0.3 is 19.8 Å². The van der Waals surface area contributed by atoms with Gasteiger partial charge in [0, 0.05) is 35.7 Å². The summed E-state index contributed by atoms with van der Waals surface area (Å²) in [6.45, 7) is 14.9. The number of aromatic amines is 1. The number of ether oxygens (including phenoxy) is 1. The van der Waals surface area contributed by atoms with Crippen LogP contribution in [0.15, 0.2) is 24.3 Å². The van der Waals surface area contributed by atoms with Crippen molar-refractivity contribution in [3.8, 4) is 5.75 Å². The number of hydrogen-bond acceptors (Lipinski definition) is 6. The predicted octanol–water partition coefficient (Wildman–Crippen LogP) is 5.75. The molecule has 0 bridgehead atoms. The number of carbonyl (C=O) groups excluding carboxylic acids is 1. The lowest BCUT2D eigenvalue weighted by atomic mass is 9.85. The Morgan fingerprint density at radius 3 is 2.30 bits per heavy atom. The number of hydrogen-bond donors (Lipinski definition) is 3. The molecule has 0 spiro atoms. The summed E-state index contributed by atoms with van der Waals surface area (Å²) in [5.74, 6) is 1.33. The van der Waals surface area contributed by atoms with Crippen molar-refractivity contribution in [2.24, 2.45) is 0 Å². The fraction of sp³-hybridized carbons (Fsp3) is 0.676. The van der Waals surface area contributed by atoms with E-state index >= 15 is 0 Å². The van der Waals surface area contributed by atoms with E-state index in [1.165, 1.54) is 42.6 Å². The number of aliphatic hydroxyl groups is 2. The normalized spacial score (nSPS) is 13.0. The zero-order chi connectivity index (χ0) is 31.6. The Morgan fingerprint density at radius 2 is 1.65 bits per heavy atom. The second-order valence-corrected chi connectivity index (χ2v) is 13.5. The lowest BCUT2D eigenvalue weighted by Gasteiger charge is -2.26. The maximum Gasteiger partial charge on any atom is 0.263 e. The summed E-state index contributed by atoms with van der Waals surface area (Å²) in [5.41, 5.74) is 3.97. The number of rotatable bonds is 18. The fourth-order valence-electron chi connectivity index (χ4n) is 5.44. The first-order chi connectivity index (χ1) is 20.4. The zero-order valence-corrected chi connectivity index (χ0v) is 27.6. The van der Waals surface area contributed by atoms with Crippen LogP contribution >= 0.6 is 0 Å². The molecule has 1 aromatic carbocycles. The summed E-state index contributed by atoms with van der Waals surface area (Å²) < 4.78 is 8.28. The molecule has 3 rings (SSSR count). The van der Waals surface area contributed by atoms with Gasteiger partial charge in [0.25, 0.3) is 5.91 Å². The molecule has 2 heterocycles. The standard InChI is InChI=1S/C34H55N5O4/c1-8-9-10-11-12-13-14-26-15-16-28(43-25(2)31(42)38(19-21-40)20-22-41)27(23-26)17-18-34(6,7)32-36-35-30-24-29(33(3,4)5)37-39(30)32/h15-16,23-25,37,40-41H,8-14,17-22H2,1-7H3. The van der Waals surface area contributed by atoms with Crippen LogP contribution in [0.4, 0.5) is 0 Å². The molecule has 0 aliphatic heterocycles. The first kappa shape index (κ1) is 34.6. The van der Waals surface area contributed by atoms with E-state index in [-0.39, 0.29) is 43.0 Å². The van der Waals surface area contributed by atoms with Gasteiger partial charge in [-0.25, -0.2) is 4.52 Å². The Morgan fingerprint density at radius 1 is 0.977 bits per heavy atom. The second-order valence-electron chi connectivity index (χ2n) is 13.5. The SMILES string of the molecule is CCCCCCCCc1ccc(OC(C)C(=O)N(CCO)CCO)c(CCC(C)(C)c2nnc3cc(C(C)(C)C)[nH]n23)c1. The third-order valence-corrected chi connectivity index (χ3v) is 8.27. The largest absolute Gasteiger partial charge is 0.481 e. The van der Waals surface area contributed by atoms with E-state index in [4.69, 9.17) is 4.74 Å². The predicted molar refractivity (Wildman–Crippen MR) is 172 cm³/mol. The first-order valence-electron chi connectivity index (χ1n) is 16.1. The third-order valence-electron chi connectivity index (χ3n) is 8.27. The van der Waals surface area contributed by atoms with E-state index in [0.717, 1.165) is 48.4 Å². The van der Waals surface area contributed by atoms with Crippen molar-refractivity contribution in [1.82, 2.24) is 24.7 Å². The lowest BCUT2D eigenvalue weighted by molar-refractivity contribution is -0.139. The third kappa shape index (κ3) is 9.54. The zero-order valence-electron chi connectivity index (χ0n) is 27.6. The summed E-state index contributed by atoms with van der Waals surface area (Å²) in [6.07, 6.45) is 9.32. The number of H-pyrrole nitrogens is 1. The van der Waals surface area contributed by atoms with Gasteiger partial charge in [0.2, 0.25) is 0 Å². The average molecular weight is 598 g/mol. The second kappa shape index (κ2) is 15.7. The number of benzene rings is 1. The quantitative estimate of drug-likeness (QED) is 0.161. The van der Waals surface area contributed by atoms with Crippen LogP contribution in [-0.4, -0.2) is 73.2 Å². The molecule has 0 fully saturated rings. The van der Waals surface area contributed by atoms with Crippen LogP contribution in [0.1, 0.15) is 116 Å². The van der Waals surface area contributed by atoms with Gasteiger partial charge in [-0.15, -0.1) is 10.2 Å². The van der Waals surface area contributed by atoms with Crippen LogP contribution < -0.4 is 4.74 Å². The molecule has 240 valence electrons. The summed E-state index contributed by atoms with van der Waals surface area (Å²) >= 11 is 0. The number of fused-ring (bicyclic) bond motifs is 1. The highest BCUT2D eigenvalue weighted by Gasteiger charge is 2.30. The molecule has 43 heavy (non-hydrogen) atoms. The maximum atomic E-state index is 13.1. The van der Waals surface area contributed by atoms with E-state index in [9.17, 15) is 15.0 Å². The van der Waals surface area contributed by atoms with Crippen LogP contribution in [-0.2, 0) is 28.5 Å². The fourth-order valence-corrected chi connectivity index (χ4v) is 5.44. The van der Waals surface area contributed by atoms with Crippen molar-refractivity contribution in [3.63, 3.8) is 0 Å². The highest BCUT2D eigenvalue weighted by molar-refractivity contribution is 5.81. The van der Waals surface area contributed by atoms with Crippen molar-refractivity contribution >= 4 is 11.6 Å². The minimum Gasteiger partial charge on any atom is -0.481 e. The van der Waals surface area contributed by atoms with Gasteiger partial charge in [-0.2, -0.15) is 0 Å². The highest BCUT2D eigenvalue weighted by Crippen LogP contribution is 2.32. The number of carbonyl (C=O) groups is 1. The minimum absolute atomic E-state index is 0.0249.